The zero-order valence-corrected chi connectivity index (χ0v) is 18.4. The van der Waals surface area contributed by atoms with Crippen LogP contribution in [0.15, 0.2) is 60.8 Å². The van der Waals surface area contributed by atoms with E-state index in [0.717, 1.165) is 5.69 Å². The van der Waals surface area contributed by atoms with Crippen molar-refractivity contribution in [2.45, 2.75) is 13.0 Å². The molecule has 8 nitrogen and oxygen atoms in total. The van der Waals surface area contributed by atoms with E-state index >= 15 is 0 Å². The molecule has 170 valence electrons. The van der Waals surface area contributed by atoms with E-state index in [1.807, 2.05) is 30.3 Å². The summed E-state index contributed by atoms with van der Waals surface area (Å²) in [6.45, 7) is 3.22. The summed E-state index contributed by atoms with van der Waals surface area (Å²) in [5, 5.41) is 13.2. The number of benzene rings is 2. The Morgan fingerprint density at radius 2 is 1.70 bits per heavy atom. The van der Waals surface area contributed by atoms with Crippen LogP contribution in [0.5, 0.6) is 0 Å². The van der Waals surface area contributed by atoms with Gasteiger partial charge in [-0.05, 0) is 43.3 Å². The first-order chi connectivity index (χ1) is 16.0. The highest BCUT2D eigenvalue weighted by Crippen LogP contribution is 2.19. The second-order valence-corrected chi connectivity index (χ2v) is 8.00. The van der Waals surface area contributed by atoms with Crippen LogP contribution in [0, 0.1) is 0 Å². The van der Waals surface area contributed by atoms with Crippen molar-refractivity contribution in [1.29, 1.82) is 0 Å². The van der Waals surface area contributed by atoms with Gasteiger partial charge in [0.15, 0.2) is 5.78 Å². The standard InChI is InChI=1S/C25H26N4O4/c1-17(31)18-6-8-19(9-7-18)28-12-14-29(15-13-28)25(33)23(16-30)27-24(32)21-10-11-26-22-5-3-2-4-20(21)22/h2-11,23,30H,12-16H2,1H3,(H,27,32)/t23-/m0/s1. The smallest absolute Gasteiger partial charge is 0.252 e. The van der Waals surface area contributed by atoms with Crippen LogP contribution in [0.25, 0.3) is 10.9 Å². The monoisotopic (exact) mass is 446 g/mol. The molecule has 33 heavy (non-hydrogen) atoms. The molecule has 1 saturated heterocycles. The van der Waals surface area contributed by atoms with Crippen molar-refractivity contribution in [1.82, 2.24) is 15.2 Å². The Morgan fingerprint density at radius 1 is 1.00 bits per heavy atom. The molecule has 0 bridgehead atoms. The van der Waals surface area contributed by atoms with Crippen molar-refractivity contribution >= 4 is 34.2 Å². The Kier molecular flexibility index (Phi) is 6.65. The SMILES string of the molecule is CC(=O)c1ccc(N2CCN(C(=O)[C@H](CO)NC(=O)c3ccnc4ccccc34)CC2)cc1. The lowest BCUT2D eigenvalue weighted by Crippen LogP contribution is -2.56. The van der Waals surface area contributed by atoms with Gasteiger partial charge in [-0.15, -0.1) is 0 Å². The summed E-state index contributed by atoms with van der Waals surface area (Å²) in [5.41, 5.74) is 2.75. The Hall–Kier alpha value is -3.78. The van der Waals surface area contributed by atoms with Crippen LogP contribution < -0.4 is 10.2 Å². The minimum Gasteiger partial charge on any atom is -0.394 e. The number of amides is 2. The average Bonchev–Trinajstić information content (AvgIpc) is 2.86. The lowest BCUT2D eigenvalue weighted by atomic mass is 10.1. The van der Waals surface area contributed by atoms with Crippen LogP contribution in [0.4, 0.5) is 5.69 Å². The summed E-state index contributed by atoms with van der Waals surface area (Å²) in [6, 6.07) is 15.3. The van der Waals surface area contributed by atoms with Crippen molar-refractivity contribution < 1.29 is 19.5 Å². The van der Waals surface area contributed by atoms with E-state index in [1.165, 1.54) is 6.92 Å². The molecule has 4 rings (SSSR count). The number of pyridine rings is 1. The Balaban J connectivity index is 1.39. The van der Waals surface area contributed by atoms with Gasteiger partial charge in [-0.3, -0.25) is 19.4 Å². The number of carbonyl (C=O) groups excluding carboxylic acids is 3. The fraction of sp³-hybridized carbons (Fsp3) is 0.280. The minimum absolute atomic E-state index is 0.0221. The molecule has 2 N–H and O–H groups in total. The molecule has 0 spiro atoms. The quantitative estimate of drug-likeness (QED) is 0.561. The number of ketones is 1. The van der Waals surface area contributed by atoms with E-state index in [2.05, 4.69) is 15.2 Å². The molecule has 2 heterocycles. The third-order valence-corrected chi connectivity index (χ3v) is 5.91. The Labute approximate surface area is 191 Å². The first-order valence-electron chi connectivity index (χ1n) is 10.9. The molecule has 0 aliphatic carbocycles. The molecule has 1 aromatic heterocycles. The van der Waals surface area contributed by atoms with E-state index in [1.54, 1.807) is 35.4 Å². The largest absolute Gasteiger partial charge is 0.394 e. The van der Waals surface area contributed by atoms with Gasteiger partial charge in [0.2, 0.25) is 5.91 Å². The fourth-order valence-electron chi connectivity index (χ4n) is 4.03. The predicted octanol–water partition coefficient (Wildman–Crippen LogP) is 1.88. The summed E-state index contributed by atoms with van der Waals surface area (Å²) in [7, 11) is 0. The van der Waals surface area contributed by atoms with Crippen LogP contribution in [0.2, 0.25) is 0 Å². The number of hydrogen-bond acceptors (Lipinski definition) is 6. The number of Topliss-reactive ketones (excluding diaryl/α,β-unsaturated/α-hetero) is 1. The van der Waals surface area contributed by atoms with Crippen molar-refractivity contribution in [3.63, 3.8) is 0 Å². The van der Waals surface area contributed by atoms with Gasteiger partial charge in [0.1, 0.15) is 6.04 Å². The maximum atomic E-state index is 13.0. The molecule has 1 fully saturated rings. The van der Waals surface area contributed by atoms with Crippen LogP contribution in [0.3, 0.4) is 0 Å². The fourth-order valence-corrected chi connectivity index (χ4v) is 4.03. The predicted molar refractivity (Wildman–Crippen MR) is 125 cm³/mol. The summed E-state index contributed by atoms with van der Waals surface area (Å²) in [4.78, 5) is 45.4. The van der Waals surface area contributed by atoms with E-state index in [-0.39, 0.29) is 11.7 Å². The molecule has 2 aromatic carbocycles. The van der Waals surface area contributed by atoms with E-state index < -0.39 is 18.6 Å². The zero-order valence-electron chi connectivity index (χ0n) is 18.4. The number of nitrogens with one attached hydrogen (secondary N) is 1. The molecule has 0 saturated carbocycles. The number of para-hydroxylation sites is 1. The maximum absolute atomic E-state index is 13.0. The summed E-state index contributed by atoms with van der Waals surface area (Å²) < 4.78 is 0. The van der Waals surface area contributed by atoms with E-state index in [9.17, 15) is 19.5 Å². The number of aliphatic hydroxyl groups excluding tert-OH is 1. The van der Waals surface area contributed by atoms with Crippen molar-refractivity contribution in [2.24, 2.45) is 0 Å². The second-order valence-electron chi connectivity index (χ2n) is 8.00. The van der Waals surface area contributed by atoms with Crippen LogP contribution >= 0.6 is 0 Å². The number of hydrogen-bond donors (Lipinski definition) is 2. The molecule has 2 amide bonds. The van der Waals surface area contributed by atoms with Gasteiger partial charge in [-0.25, -0.2) is 0 Å². The number of aliphatic hydroxyl groups is 1. The topological polar surface area (TPSA) is 103 Å². The van der Waals surface area contributed by atoms with Crippen LogP contribution in [-0.4, -0.2) is 71.4 Å². The number of fused-ring (bicyclic) bond motifs is 1. The Bertz CT molecular complexity index is 1170. The highest BCUT2D eigenvalue weighted by Gasteiger charge is 2.29. The third kappa shape index (κ3) is 4.85. The van der Waals surface area contributed by atoms with E-state index in [0.29, 0.717) is 48.2 Å². The van der Waals surface area contributed by atoms with Gasteiger partial charge in [-0.2, -0.15) is 0 Å². The molecule has 3 aromatic rings. The van der Waals surface area contributed by atoms with Gasteiger partial charge < -0.3 is 20.2 Å². The van der Waals surface area contributed by atoms with Crippen LogP contribution in [0.1, 0.15) is 27.6 Å². The molecular formula is C25H26N4O4. The molecule has 0 radical (unpaired) electrons. The molecule has 0 unspecified atom stereocenters. The van der Waals surface area contributed by atoms with Gasteiger partial charge in [0.05, 0.1) is 17.7 Å². The summed E-state index contributed by atoms with van der Waals surface area (Å²) >= 11 is 0. The summed E-state index contributed by atoms with van der Waals surface area (Å²) in [5.74, 6) is -0.713. The highest BCUT2D eigenvalue weighted by molar-refractivity contribution is 6.07. The highest BCUT2D eigenvalue weighted by atomic mass is 16.3. The van der Waals surface area contributed by atoms with Gasteiger partial charge in [0.25, 0.3) is 5.91 Å². The first-order valence-corrected chi connectivity index (χ1v) is 10.9. The average molecular weight is 447 g/mol. The third-order valence-electron chi connectivity index (χ3n) is 5.91. The number of piperazine rings is 1. The zero-order chi connectivity index (χ0) is 23.4. The molecule has 8 heteroatoms. The molecule has 1 aliphatic rings. The number of anilines is 1. The first kappa shape index (κ1) is 22.4. The van der Waals surface area contributed by atoms with Crippen molar-refractivity contribution in [3.05, 3.63) is 71.9 Å². The number of nitrogens with zero attached hydrogens (tertiary/aromatic N) is 3. The lowest BCUT2D eigenvalue weighted by molar-refractivity contribution is -0.134. The maximum Gasteiger partial charge on any atom is 0.252 e. The normalized spacial score (nSPS) is 14.7. The van der Waals surface area contributed by atoms with Crippen molar-refractivity contribution in [2.75, 3.05) is 37.7 Å². The second kappa shape index (κ2) is 9.79. The lowest BCUT2D eigenvalue weighted by Gasteiger charge is -2.37. The van der Waals surface area contributed by atoms with Gasteiger partial charge >= 0.3 is 0 Å². The van der Waals surface area contributed by atoms with E-state index in [4.69, 9.17) is 0 Å². The molecular weight excluding hydrogens is 420 g/mol. The molecule has 1 aliphatic heterocycles. The minimum atomic E-state index is -1.02. The number of aromatic nitrogens is 1. The van der Waals surface area contributed by atoms with Crippen molar-refractivity contribution in [3.8, 4) is 0 Å². The molecule has 1 atom stereocenters. The van der Waals surface area contributed by atoms with Gasteiger partial charge in [0, 0.05) is 49.0 Å². The van der Waals surface area contributed by atoms with Crippen LogP contribution in [-0.2, 0) is 4.79 Å². The van der Waals surface area contributed by atoms with Gasteiger partial charge in [-0.1, -0.05) is 18.2 Å². The Morgan fingerprint density at radius 3 is 2.36 bits per heavy atom. The number of carbonyl (C=O) groups is 3. The summed E-state index contributed by atoms with van der Waals surface area (Å²) in [6.07, 6.45) is 1.55. The number of rotatable bonds is 6.